The van der Waals surface area contributed by atoms with Crippen LogP contribution in [0.3, 0.4) is 0 Å². The molecule has 1 aliphatic rings. The summed E-state index contributed by atoms with van der Waals surface area (Å²) in [7, 11) is 0. The molecule has 2 N–H and O–H groups in total. The molecule has 0 radical (unpaired) electrons. The molecular weight excluding hydrogens is 360 g/mol. The smallest absolute Gasteiger partial charge is 0.322 e. The summed E-state index contributed by atoms with van der Waals surface area (Å²) in [5.41, 5.74) is 1.11. The third-order valence-electron chi connectivity index (χ3n) is 4.17. The molecule has 0 bridgehead atoms. The molecule has 1 heterocycles. The summed E-state index contributed by atoms with van der Waals surface area (Å²) in [5.74, 6) is 0.204. The molecule has 136 valence electrons. The lowest BCUT2D eigenvalue weighted by Crippen LogP contribution is -2.50. The van der Waals surface area contributed by atoms with Crippen LogP contribution in [0.25, 0.3) is 0 Å². The topological polar surface area (TPSA) is 98.9 Å². The van der Waals surface area contributed by atoms with Crippen molar-refractivity contribution in [2.24, 2.45) is 0 Å². The van der Waals surface area contributed by atoms with Crippen molar-refractivity contribution in [3.8, 4) is 5.75 Å². The first-order valence-corrected chi connectivity index (χ1v) is 8.35. The predicted molar refractivity (Wildman–Crippen MR) is 99.0 cm³/mol. The fraction of sp³-hybridized carbons (Fsp3) is 0.235. The number of non-ortho nitro benzene ring substituents is 1. The van der Waals surface area contributed by atoms with Crippen LogP contribution in [0.1, 0.15) is 0 Å². The minimum absolute atomic E-state index is 0.117. The molecule has 26 heavy (non-hydrogen) atoms. The van der Waals surface area contributed by atoms with E-state index in [1.165, 1.54) is 18.2 Å². The summed E-state index contributed by atoms with van der Waals surface area (Å²) < 4.78 is 0. The fourth-order valence-electron chi connectivity index (χ4n) is 2.77. The minimum Gasteiger partial charge on any atom is -0.508 e. The van der Waals surface area contributed by atoms with Gasteiger partial charge in [0.15, 0.2) is 0 Å². The van der Waals surface area contributed by atoms with Crippen molar-refractivity contribution in [3.63, 3.8) is 0 Å². The quantitative estimate of drug-likeness (QED) is 0.632. The highest BCUT2D eigenvalue weighted by Gasteiger charge is 2.22. The number of amides is 2. The Morgan fingerprint density at radius 3 is 2.50 bits per heavy atom. The number of carbonyl (C=O) groups is 1. The Bertz CT molecular complexity index is 837. The van der Waals surface area contributed by atoms with E-state index in [2.05, 4.69) is 10.2 Å². The van der Waals surface area contributed by atoms with E-state index in [1.807, 2.05) is 6.07 Å². The number of anilines is 2. The molecular formula is C17H17ClN4O4. The van der Waals surface area contributed by atoms with Gasteiger partial charge in [0.2, 0.25) is 0 Å². The molecule has 0 aliphatic carbocycles. The lowest BCUT2D eigenvalue weighted by molar-refractivity contribution is -0.384. The average molecular weight is 377 g/mol. The molecule has 1 aliphatic heterocycles. The molecule has 0 saturated carbocycles. The fourth-order valence-corrected chi connectivity index (χ4v) is 2.99. The number of piperazine rings is 1. The zero-order valence-electron chi connectivity index (χ0n) is 13.8. The second-order valence-corrected chi connectivity index (χ2v) is 6.25. The molecule has 0 atom stereocenters. The van der Waals surface area contributed by atoms with E-state index in [4.69, 9.17) is 11.6 Å². The molecule has 2 aromatic carbocycles. The lowest BCUT2D eigenvalue weighted by Gasteiger charge is -2.36. The number of hydrogen-bond donors (Lipinski definition) is 2. The number of phenolic OH excluding ortho intramolecular Hbond substituents is 1. The number of aromatic hydroxyl groups is 1. The standard InChI is InChI=1S/C17H17ClN4O4/c18-15-11-13(22(25)26)4-5-16(15)19-17(24)21-8-6-20(7-9-21)12-2-1-3-14(23)10-12/h1-5,10-11,23H,6-9H2,(H,19,24). The van der Waals surface area contributed by atoms with Crippen LogP contribution in [0.2, 0.25) is 5.02 Å². The SMILES string of the molecule is O=C(Nc1ccc([N+](=O)[O-])cc1Cl)N1CCN(c2cccc(O)c2)CC1. The van der Waals surface area contributed by atoms with Crippen molar-refractivity contribution in [3.05, 3.63) is 57.6 Å². The number of rotatable bonds is 3. The highest BCUT2D eigenvalue weighted by Crippen LogP contribution is 2.27. The van der Waals surface area contributed by atoms with Gasteiger partial charge in [-0.15, -0.1) is 0 Å². The van der Waals surface area contributed by atoms with Crippen LogP contribution in [0.4, 0.5) is 21.9 Å². The second-order valence-electron chi connectivity index (χ2n) is 5.85. The van der Waals surface area contributed by atoms with Crippen molar-refractivity contribution >= 4 is 34.7 Å². The van der Waals surface area contributed by atoms with E-state index >= 15 is 0 Å². The molecule has 0 unspecified atom stereocenters. The highest BCUT2D eigenvalue weighted by molar-refractivity contribution is 6.33. The van der Waals surface area contributed by atoms with Crippen LogP contribution in [-0.4, -0.2) is 47.1 Å². The Labute approximate surface area is 154 Å². The first-order chi connectivity index (χ1) is 12.4. The lowest BCUT2D eigenvalue weighted by atomic mass is 10.2. The minimum atomic E-state index is -0.544. The van der Waals surface area contributed by atoms with E-state index in [0.29, 0.717) is 31.9 Å². The van der Waals surface area contributed by atoms with E-state index in [0.717, 1.165) is 5.69 Å². The predicted octanol–water partition coefficient (Wildman–Crippen LogP) is 3.31. The number of halogens is 1. The van der Waals surface area contributed by atoms with Crippen LogP contribution in [0.15, 0.2) is 42.5 Å². The maximum atomic E-state index is 12.4. The highest BCUT2D eigenvalue weighted by atomic mass is 35.5. The third kappa shape index (κ3) is 3.97. The van der Waals surface area contributed by atoms with Crippen molar-refractivity contribution < 1.29 is 14.8 Å². The number of nitrogens with one attached hydrogen (secondary N) is 1. The zero-order chi connectivity index (χ0) is 18.7. The van der Waals surface area contributed by atoms with Crippen LogP contribution in [0.5, 0.6) is 5.75 Å². The molecule has 2 amide bonds. The molecule has 0 spiro atoms. The Balaban J connectivity index is 1.59. The van der Waals surface area contributed by atoms with E-state index < -0.39 is 4.92 Å². The van der Waals surface area contributed by atoms with E-state index in [1.54, 1.807) is 23.1 Å². The van der Waals surface area contributed by atoms with Crippen LogP contribution in [-0.2, 0) is 0 Å². The largest absolute Gasteiger partial charge is 0.508 e. The van der Waals surface area contributed by atoms with Crippen molar-refractivity contribution in [2.45, 2.75) is 0 Å². The van der Waals surface area contributed by atoms with Gasteiger partial charge in [-0.25, -0.2) is 4.79 Å². The zero-order valence-corrected chi connectivity index (χ0v) is 14.5. The normalized spacial score (nSPS) is 14.2. The average Bonchev–Trinajstić information content (AvgIpc) is 2.63. The summed E-state index contributed by atoms with van der Waals surface area (Å²) in [6.07, 6.45) is 0. The van der Waals surface area contributed by atoms with Gasteiger partial charge in [0.25, 0.3) is 5.69 Å². The second kappa shape index (κ2) is 7.49. The molecule has 3 rings (SSSR count). The summed E-state index contributed by atoms with van der Waals surface area (Å²) in [5, 5.41) is 23.1. The first kappa shape index (κ1) is 17.8. The Kier molecular flexibility index (Phi) is 5.13. The van der Waals surface area contributed by atoms with Crippen LogP contribution < -0.4 is 10.2 Å². The van der Waals surface area contributed by atoms with Gasteiger partial charge in [0, 0.05) is 50.1 Å². The maximum absolute atomic E-state index is 12.4. The monoisotopic (exact) mass is 376 g/mol. The van der Waals surface area contributed by atoms with Crippen molar-refractivity contribution in [1.29, 1.82) is 0 Å². The molecule has 0 aromatic heterocycles. The summed E-state index contributed by atoms with van der Waals surface area (Å²) in [6.45, 7) is 2.27. The summed E-state index contributed by atoms with van der Waals surface area (Å²) >= 11 is 6.00. The summed E-state index contributed by atoms with van der Waals surface area (Å²) in [6, 6.07) is 10.6. The maximum Gasteiger partial charge on any atom is 0.322 e. The Morgan fingerprint density at radius 2 is 1.88 bits per heavy atom. The number of benzene rings is 2. The number of nitro benzene ring substituents is 1. The number of urea groups is 1. The van der Waals surface area contributed by atoms with Crippen molar-refractivity contribution in [2.75, 3.05) is 36.4 Å². The van der Waals surface area contributed by atoms with Crippen molar-refractivity contribution in [1.82, 2.24) is 4.90 Å². The van der Waals surface area contributed by atoms with Crippen LogP contribution in [0, 0.1) is 10.1 Å². The molecule has 9 heteroatoms. The number of phenols is 1. The number of nitro groups is 1. The van der Waals surface area contributed by atoms with Gasteiger partial charge in [-0.3, -0.25) is 10.1 Å². The molecule has 8 nitrogen and oxygen atoms in total. The van der Waals surface area contributed by atoms with Gasteiger partial charge in [-0.05, 0) is 18.2 Å². The van der Waals surface area contributed by atoms with Gasteiger partial charge < -0.3 is 20.2 Å². The molecule has 2 aromatic rings. The van der Waals surface area contributed by atoms with Gasteiger partial charge >= 0.3 is 6.03 Å². The summed E-state index contributed by atoms with van der Waals surface area (Å²) in [4.78, 5) is 26.3. The van der Waals surface area contributed by atoms with Gasteiger partial charge in [0.05, 0.1) is 15.6 Å². The van der Waals surface area contributed by atoms with Gasteiger partial charge in [-0.2, -0.15) is 0 Å². The van der Waals surface area contributed by atoms with Gasteiger partial charge in [0.1, 0.15) is 5.75 Å². The number of carbonyl (C=O) groups excluding carboxylic acids is 1. The van der Waals surface area contributed by atoms with Gasteiger partial charge in [-0.1, -0.05) is 17.7 Å². The first-order valence-electron chi connectivity index (χ1n) is 7.98. The number of nitrogens with zero attached hydrogens (tertiary/aromatic N) is 3. The van der Waals surface area contributed by atoms with Crippen LogP contribution >= 0.6 is 11.6 Å². The number of hydrogen-bond acceptors (Lipinski definition) is 5. The molecule has 1 fully saturated rings. The Morgan fingerprint density at radius 1 is 1.15 bits per heavy atom. The van der Waals surface area contributed by atoms with E-state index in [-0.39, 0.29) is 22.5 Å². The molecule has 1 saturated heterocycles. The third-order valence-corrected chi connectivity index (χ3v) is 4.48. The van der Waals surface area contributed by atoms with E-state index in [9.17, 15) is 20.0 Å². The Hall–Kier alpha value is -3.00.